The third-order valence-electron chi connectivity index (χ3n) is 7.77. The van der Waals surface area contributed by atoms with Crippen molar-refractivity contribution < 1.29 is 4.74 Å². The highest BCUT2D eigenvalue weighted by Crippen LogP contribution is 2.34. The molecule has 0 N–H and O–H groups in total. The topological polar surface area (TPSA) is 9.23 Å². The monoisotopic (exact) mass is 410 g/mol. The maximum atomic E-state index is 5.95. The summed E-state index contributed by atoms with van der Waals surface area (Å²) in [4.78, 5) is 0. The second kappa shape index (κ2) is 13.2. The van der Waals surface area contributed by atoms with E-state index < -0.39 is 0 Å². The minimum atomic E-state index is 0.704. The summed E-state index contributed by atoms with van der Waals surface area (Å²) in [7, 11) is 0. The molecule has 1 heteroatoms. The lowest BCUT2D eigenvalue weighted by Gasteiger charge is -2.28. The Morgan fingerprint density at radius 2 is 1.27 bits per heavy atom. The molecule has 0 spiro atoms. The van der Waals surface area contributed by atoms with Crippen LogP contribution in [0.25, 0.3) is 0 Å². The van der Waals surface area contributed by atoms with Crippen LogP contribution < -0.4 is 4.74 Å². The first kappa shape index (κ1) is 23.4. The van der Waals surface area contributed by atoms with Crippen molar-refractivity contribution in [3.8, 4) is 5.75 Å². The Hall–Kier alpha value is -1.24. The molecule has 3 rings (SSSR count). The zero-order valence-electron chi connectivity index (χ0n) is 19.8. The Labute approximate surface area is 186 Å². The molecule has 0 heterocycles. The van der Waals surface area contributed by atoms with Gasteiger partial charge in [0.1, 0.15) is 12.4 Å². The van der Waals surface area contributed by atoms with E-state index in [1.807, 2.05) is 0 Å². The van der Waals surface area contributed by atoms with Gasteiger partial charge in [-0.1, -0.05) is 89.5 Å². The first-order valence-corrected chi connectivity index (χ1v) is 13.1. The maximum Gasteiger partial charge on any atom is 0.119 e. The molecule has 1 aromatic carbocycles. The molecule has 30 heavy (non-hydrogen) atoms. The molecule has 2 aliphatic carbocycles. The zero-order valence-corrected chi connectivity index (χ0v) is 19.8. The molecule has 2 aliphatic rings. The molecule has 1 aromatic rings. The molecule has 168 valence electrons. The molecule has 0 amide bonds. The van der Waals surface area contributed by atoms with E-state index in [1.165, 1.54) is 95.5 Å². The summed E-state index contributed by atoms with van der Waals surface area (Å²) < 4.78 is 5.95. The summed E-state index contributed by atoms with van der Waals surface area (Å²) in [6.45, 7) is 5.35. The van der Waals surface area contributed by atoms with Crippen LogP contribution in [-0.2, 0) is 6.42 Å². The van der Waals surface area contributed by atoms with Crippen LogP contribution in [0.3, 0.4) is 0 Å². The first-order valence-electron chi connectivity index (χ1n) is 13.1. The summed E-state index contributed by atoms with van der Waals surface area (Å²) in [5, 5.41) is 0. The molecule has 0 aliphatic heterocycles. The van der Waals surface area contributed by atoms with Gasteiger partial charge in [-0.15, -0.1) is 0 Å². The molecular formula is C29H46O. The van der Waals surface area contributed by atoms with E-state index in [0.717, 1.165) is 29.4 Å². The van der Waals surface area contributed by atoms with Crippen LogP contribution in [0.5, 0.6) is 5.75 Å². The lowest BCUT2D eigenvalue weighted by molar-refractivity contribution is 0.252. The Balaban J connectivity index is 1.29. The predicted molar refractivity (Wildman–Crippen MR) is 130 cm³/mol. The molecule has 0 atom stereocenters. The highest BCUT2D eigenvalue weighted by molar-refractivity contribution is 5.27. The van der Waals surface area contributed by atoms with Gasteiger partial charge in [-0.3, -0.25) is 0 Å². The second-order valence-electron chi connectivity index (χ2n) is 10.2. The van der Waals surface area contributed by atoms with Crippen molar-refractivity contribution in [2.75, 3.05) is 6.61 Å². The largest absolute Gasteiger partial charge is 0.490 e. The lowest BCUT2D eigenvalue weighted by atomic mass is 9.78. The van der Waals surface area contributed by atoms with Crippen LogP contribution in [0, 0.1) is 23.7 Å². The van der Waals surface area contributed by atoms with Crippen molar-refractivity contribution in [2.24, 2.45) is 23.7 Å². The van der Waals surface area contributed by atoms with Crippen molar-refractivity contribution in [3.05, 3.63) is 42.0 Å². The fourth-order valence-electron chi connectivity index (χ4n) is 5.81. The van der Waals surface area contributed by atoms with Gasteiger partial charge in [0.15, 0.2) is 0 Å². The fraction of sp³-hybridized carbons (Fsp3) is 0.724. The highest BCUT2D eigenvalue weighted by atomic mass is 16.5. The first-order chi connectivity index (χ1) is 14.8. The van der Waals surface area contributed by atoms with Gasteiger partial charge < -0.3 is 4.74 Å². The normalized spacial score (nSPS) is 27.4. The quantitative estimate of drug-likeness (QED) is 0.331. The van der Waals surface area contributed by atoms with Gasteiger partial charge in [0, 0.05) is 0 Å². The molecular weight excluding hydrogens is 364 g/mol. The summed E-state index contributed by atoms with van der Waals surface area (Å²) in [6.07, 6.45) is 24.3. The number of benzene rings is 1. The van der Waals surface area contributed by atoms with Crippen molar-refractivity contribution >= 4 is 0 Å². The van der Waals surface area contributed by atoms with Gasteiger partial charge in [-0.25, -0.2) is 0 Å². The van der Waals surface area contributed by atoms with Gasteiger partial charge in [0.25, 0.3) is 0 Å². The summed E-state index contributed by atoms with van der Waals surface area (Å²) >= 11 is 0. The van der Waals surface area contributed by atoms with Crippen LogP contribution in [0.1, 0.15) is 103 Å². The molecule has 0 unspecified atom stereocenters. The van der Waals surface area contributed by atoms with E-state index in [1.54, 1.807) is 0 Å². The van der Waals surface area contributed by atoms with E-state index in [0.29, 0.717) is 6.61 Å². The summed E-state index contributed by atoms with van der Waals surface area (Å²) in [5.74, 6) is 4.76. The summed E-state index contributed by atoms with van der Waals surface area (Å²) in [6, 6.07) is 8.88. The van der Waals surface area contributed by atoms with Gasteiger partial charge in [-0.05, 0) is 79.9 Å². The minimum Gasteiger partial charge on any atom is -0.490 e. The average Bonchev–Trinajstić information content (AvgIpc) is 2.78. The Kier molecular flexibility index (Phi) is 10.3. The SMILES string of the molecule is CCCC1CCC(C=CCOc2ccc(CCC3CCC(CCC)CC3)cc2)CC1. The van der Waals surface area contributed by atoms with Crippen molar-refractivity contribution in [2.45, 2.75) is 104 Å². The minimum absolute atomic E-state index is 0.704. The Morgan fingerprint density at radius 1 is 0.733 bits per heavy atom. The van der Waals surface area contributed by atoms with E-state index in [4.69, 9.17) is 4.74 Å². The zero-order chi connectivity index (χ0) is 21.0. The molecule has 0 radical (unpaired) electrons. The summed E-state index contributed by atoms with van der Waals surface area (Å²) in [5.41, 5.74) is 1.47. The van der Waals surface area contributed by atoms with Gasteiger partial charge >= 0.3 is 0 Å². The van der Waals surface area contributed by atoms with Crippen LogP contribution in [0.15, 0.2) is 36.4 Å². The second-order valence-corrected chi connectivity index (χ2v) is 10.2. The van der Waals surface area contributed by atoms with Gasteiger partial charge in [0.2, 0.25) is 0 Å². The van der Waals surface area contributed by atoms with Crippen molar-refractivity contribution in [3.63, 3.8) is 0 Å². The van der Waals surface area contributed by atoms with E-state index >= 15 is 0 Å². The number of ether oxygens (including phenoxy) is 1. The van der Waals surface area contributed by atoms with E-state index in [9.17, 15) is 0 Å². The predicted octanol–water partition coefficient (Wildman–Crippen LogP) is 8.77. The average molecular weight is 411 g/mol. The van der Waals surface area contributed by atoms with Gasteiger partial charge in [-0.2, -0.15) is 0 Å². The van der Waals surface area contributed by atoms with E-state index in [2.05, 4.69) is 50.3 Å². The number of allylic oxidation sites excluding steroid dienone is 1. The van der Waals surface area contributed by atoms with Crippen molar-refractivity contribution in [1.29, 1.82) is 0 Å². The standard InChI is InChI=1S/C29H46O/c1-3-6-24-9-13-26(14-10-24)8-5-23-30-29-21-19-28(20-22-29)18-17-27-15-11-25(7-4-2)12-16-27/h5,8,19-22,24-27H,3-4,6-7,9-18,23H2,1-2H3. The molecule has 0 bridgehead atoms. The number of aryl methyl sites for hydroxylation is 1. The molecule has 0 aromatic heterocycles. The van der Waals surface area contributed by atoms with Crippen LogP contribution in [-0.4, -0.2) is 6.61 Å². The third kappa shape index (κ3) is 8.12. The fourth-order valence-corrected chi connectivity index (χ4v) is 5.81. The van der Waals surface area contributed by atoms with Crippen LogP contribution in [0.4, 0.5) is 0 Å². The van der Waals surface area contributed by atoms with Crippen molar-refractivity contribution in [1.82, 2.24) is 0 Å². The lowest BCUT2D eigenvalue weighted by Crippen LogP contribution is -2.15. The molecule has 2 fully saturated rings. The van der Waals surface area contributed by atoms with Gasteiger partial charge in [0.05, 0.1) is 0 Å². The molecule has 1 nitrogen and oxygen atoms in total. The smallest absolute Gasteiger partial charge is 0.119 e. The molecule has 0 saturated heterocycles. The highest BCUT2D eigenvalue weighted by Gasteiger charge is 2.20. The number of hydrogen-bond donors (Lipinski definition) is 0. The van der Waals surface area contributed by atoms with Crippen LogP contribution >= 0.6 is 0 Å². The number of hydrogen-bond acceptors (Lipinski definition) is 1. The molecule has 2 saturated carbocycles. The number of rotatable bonds is 11. The third-order valence-corrected chi connectivity index (χ3v) is 7.77. The van der Waals surface area contributed by atoms with E-state index in [-0.39, 0.29) is 0 Å². The maximum absolute atomic E-state index is 5.95. The Bertz CT molecular complexity index is 585. The Morgan fingerprint density at radius 3 is 1.83 bits per heavy atom. The van der Waals surface area contributed by atoms with Crippen LogP contribution in [0.2, 0.25) is 0 Å².